The molecule has 5 N–H and O–H groups in total. The molecule has 0 spiro atoms. The van der Waals surface area contributed by atoms with E-state index in [1.54, 1.807) is 0 Å². The fourth-order valence-electron chi connectivity index (χ4n) is 5.41. The van der Waals surface area contributed by atoms with Gasteiger partial charge < -0.3 is 31.1 Å². The molecule has 0 radical (unpaired) electrons. The number of carbonyl (C=O) groups excluding carboxylic acids is 1. The van der Waals surface area contributed by atoms with Crippen LogP contribution < -0.4 is 16.4 Å². The van der Waals surface area contributed by atoms with Crippen LogP contribution in [0.25, 0.3) is 0 Å². The maximum absolute atomic E-state index is 13.3. The van der Waals surface area contributed by atoms with Crippen molar-refractivity contribution in [1.82, 2.24) is 15.5 Å². The zero-order valence-corrected chi connectivity index (χ0v) is 21.5. The van der Waals surface area contributed by atoms with Gasteiger partial charge in [-0.3, -0.25) is 0 Å². The highest BCUT2D eigenvalue weighted by molar-refractivity contribution is 6.30. The van der Waals surface area contributed by atoms with E-state index < -0.39 is 6.09 Å². The summed E-state index contributed by atoms with van der Waals surface area (Å²) in [6.45, 7) is 3.66. The molecule has 3 amide bonds. The van der Waals surface area contributed by atoms with Crippen molar-refractivity contribution >= 4 is 23.7 Å². The third-order valence-corrected chi connectivity index (χ3v) is 7.52. The summed E-state index contributed by atoms with van der Waals surface area (Å²) in [5.41, 5.74) is 7.21. The average molecular weight is 509 g/mol. The molecule has 0 aromatic heterocycles. The predicted octanol–water partition coefficient (Wildman–Crippen LogP) is 4.77. The van der Waals surface area contributed by atoms with Crippen molar-refractivity contribution in [3.05, 3.63) is 34.9 Å². The lowest BCUT2D eigenvalue weighted by Crippen LogP contribution is -2.54. The molecule has 2 fully saturated rings. The Hall–Kier alpha value is -2.03. The number of urea groups is 1. The first-order valence-corrected chi connectivity index (χ1v) is 13.4. The van der Waals surface area contributed by atoms with E-state index in [2.05, 4.69) is 10.6 Å². The Morgan fingerprint density at radius 1 is 1.23 bits per heavy atom. The summed E-state index contributed by atoms with van der Waals surface area (Å²) >= 11 is 6.24. The van der Waals surface area contributed by atoms with Gasteiger partial charge in [-0.25, -0.2) is 9.59 Å². The number of hydrogen-bond acceptors (Lipinski definition) is 4. The van der Waals surface area contributed by atoms with Crippen LogP contribution in [-0.2, 0) is 4.74 Å². The predicted molar refractivity (Wildman–Crippen MR) is 138 cm³/mol. The standard InChI is InChI=1S/C26H41ClN4O4/c1-18(28)23(15-19-7-3-2-4-8-19)30-25(32)31-13-6-10-21(17-31)24(35-14-12-29-26(33)34)20-9-5-11-22(27)16-20/h5,9,11,16,18-19,21,23-24,29H,2-4,6-8,10,12-15,17,28H2,1H3,(H,30,32)(H,33,34)/t18-,21-,23+,24+/m1/s1. The number of hydrogen-bond donors (Lipinski definition) is 4. The number of nitrogens with zero attached hydrogens (tertiary/aromatic N) is 1. The largest absolute Gasteiger partial charge is 0.465 e. The van der Waals surface area contributed by atoms with E-state index in [-0.39, 0.29) is 43.3 Å². The van der Waals surface area contributed by atoms with E-state index in [1.807, 2.05) is 36.1 Å². The van der Waals surface area contributed by atoms with Crippen LogP contribution in [0.15, 0.2) is 24.3 Å². The van der Waals surface area contributed by atoms with Crippen molar-refractivity contribution in [2.24, 2.45) is 17.6 Å². The Bertz CT molecular complexity index is 818. The Labute approximate surface area is 213 Å². The fraction of sp³-hybridized carbons (Fsp3) is 0.692. The zero-order chi connectivity index (χ0) is 25.2. The summed E-state index contributed by atoms with van der Waals surface area (Å²) in [4.78, 5) is 25.9. The molecule has 0 unspecified atom stereocenters. The Balaban J connectivity index is 1.63. The molecule has 1 saturated carbocycles. The maximum Gasteiger partial charge on any atom is 0.404 e. The molecular formula is C26H41ClN4O4. The number of nitrogens with two attached hydrogens (primary N) is 1. The number of benzene rings is 1. The molecule has 1 aromatic carbocycles. The van der Waals surface area contributed by atoms with Crippen LogP contribution in [0.3, 0.4) is 0 Å². The number of piperidine rings is 1. The summed E-state index contributed by atoms with van der Waals surface area (Å²) < 4.78 is 6.16. The maximum atomic E-state index is 13.3. The molecule has 35 heavy (non-hydrogen) atoms. The molecule has 2 aliphatic rings. The first-order chi connectivity index (χ1) is 16.8. The van der Waals surface area contributed by atoms with Gasteiger partial charge in [-0.15, -0.1) is 0 Å². The number of nitrogens with one attached hydrogen (secondary N) is 2. The van der Waals surface area contributed by atoms with Crippen LogP contribution in [0.4, 0.5) is 9.59 Å². The summed E-state index contributed by atoms with van der Waals surface area (Å²) in [6, 6.07) is 7.34. The number of amides is 3. The molecule has 1 saturated heterocycles. The average Bonchev–Trinajstić information content (AvgIpc) is 2.84. The lowest BCUT2D eigenvalue weighted by Gasteiger charge is -2.38. The molecule has 1 aliphatic carbocycles. The number of likely N-dealkylation sites (tertiary alicyclic amines) is 1. The minimum atomic E-state index is -1.08. The van der Waals surface area contributed by atoms with Crippen molar-refractivity contribution in [2.75, 3.05) is 26.2 Å². The van der Waals surface area contributed by atoms with E-state index in [0.717, 1.165) is 24.8 Å². The van der Waals surface area contributed by atoms with Gasteiger partial charge >= 0.3 is 12.1 Å². The number of ether oxygens (including phenoxy) is 1. The number of halogens is 1. The normalized spacial score (nSPS) is 21.7. The third-order valence-electron chi connectivity index (χ3n) is 7.28. The van der Waals surface area contributed by atoms with Crippen molar-refractivity contribution in [1.29, 1.82) is 0 Å². The summed E-state index contributed by atoms with van der Waals surface area (Å²) in [6.07, 6.45) is 7.64. The van der Waals surface area contributed by atoms with Crippen LogP contribution in [0.5, 0.6) is 0 Å². The lowest BCUT2D eigenvalue weighted by molar-refractivity contribution is -0.00855. The van der Waals surface area contributed by atoms with E-state index in [0.29, 0.717) is 24.0 Å². The molecular weight excluding hydrogens is 468 g/mol. The van der Waals surface area contributed by atoms with Crippen LogP contribution in [0.2, 0.25) is 5.02 Å². The van der Waals surface area contributed by atoms with E-state index in [4.69, 9.17) is 27.2 Å². The van der Waals surface area contributed by atoms with Gasteiger partial charge in [0.25, 0.3) is 0 Å². The third kappa shape index (κ3) is 8.85. The molecule has 4 atom stereocenters. The highest BCUT2D eigenvalue weighted by Crippen LogP contribution is 2.34. The second-order valence-electron chi connectivity index (χ2n) is 10.1. The van der Waals surface area contributed by atoms with Crippen LogP contribution in [0, 0.1) is 11.8 Å². The zero-order valence-electron chi connectivity index (χ0n) is 20.8. The minimum absolute atomic E-state index is 0.0342. The Kier molecular flexibility index (Phi) is 10.9. The first kappa shape index (κ1) is 27.6. The number of carbonyl (C=O) groups is 2. The van der Waals surface area contributed by atoms with Crippen LogP contribution >= 0.6 is 11.6 Å². The van der Waals surface area contributed by atoms with Crippen molar-refractivity contribution < 1.29 is 19.4 Å². The molecule has 8 nitrogen and oxygen atoms in total. The smallest absolute Gasteiger partial charge is 0.404 e. The van der Waals surface area contributed by atoms with Crippen molar-refractivity contribution in [3.8, 4) is 0 Å². The second-order valence-corrected chi connectivity index (χ2v) is 10.5. The highest BCUT2D eigenvalue weighted by atomic mass is 35.5. The summed E-state index contributed by atoms with van der Waals surface area (Å²) in [5.74, 6) is 0.707. The Morgan fingerprint density at radius 2 is 2.00 bits per heavy atom. The fourth-order valence-corrected chi connectivity index (χ4v) is 5.61. The monoisotopic (exact) mass is 508 g/mol. The van der Waals surface area contributed by atoms with Gasteiger partial charge in [-0.1, -0.05) is 55.8 Å². The topological polar surface area (TPSA) is 117 Å². The molecule has 0 bridgehead atoms. The van der Waals surface area contributed by atoms with Gasteiger partial charge in [0.05, 0.1) is 12.7 Å². The van der Waals surface area contributed by atoms with Crippen LogP contribution in [-0.4, -0.2) is 60.5 Å². The molecule has 1 heterocycles. The minimum Gasteiger partial charge on any atom is -0.465 e. The van der Waals surface area contributed by atoms with E-state index in [1.165, 1.54) is 32.1 Å². The Morgan fingerprint density at radius 3 is 2.69 bits per heavy atom. The molecule has 1 aliphatic heterocycles. The van der Waals surface area contributed by atoms with Crippen LogP contribution in [0.1, 0.15) is 70.0 Å². The molecule has 9 heteroatoms. The molecule has 196 valence electrons. The van der Waals surface area contributed by atoms with Gasteiger partial charge in [0, 0.05) is 42.7 Å². The summed E-state index contributed by atoms with van der Waals surface area (Å²) in [7, 11) is 0. The van der Waals surface area contributed by atoms with E-state index in [9.17, 15) is 9.59 Å². The lowest BCUT2D eigenvalue weighted by atomic mass is 9.83. The SMILES string of the molecule is C[C@@H](N)[C@H](CC1CCCCC1)NC(=O)N1CCC[C@@H]([C@@H](OCCNC(=O)O)c2cccc(Cl)c2)C1. The van der Waals surface area contributed by atoms with E-state index >= 15 is 0 Å². The van der Waals surface area contributed by atoms with Gasteiger partial charge in [-0.05, 0) is 49.8 Å². The van der Waals surface area contributed by atoms with Gasteiger partial charge in [0.15, 0.2) is 0 Å². The second kappa shape index (κ2) is 13.9. The number of carboxylic acid groups (broad SMARTS) is 1. The quantitative estimate of drug-likeness (QED) is 0.339. The van der Waals surface area contributed by atoms with Crippen molar-refractivity contribution in [3.63, 3.8) is 0 Å². The molecule has 3 rings (SSSR count). The highest BCUT2D eigenvalue weighted by Gasteiger charge is 2.33. The molecule has 1 aromatic rings. The first-order valence-electron chi connectivity index (χ1n) is 13.0. The van der Waals surface area contributed by atoms with Gasteiger partial charge in [0.1, 0.15) is 0 Å². The van der Waals surface area contributed by atoms with Crippen molar-refractivity contribution in [2.45, 2.75) is 76.5 Å². The van der Waals surface area contributed by atoms with Gasteiger partial charge in [-0.2, -0.15) is 0 Å². The number of rotatable bonds is 10. The van der Waals surface area contributed by atoms with Gasteiger partial charge in [0.2, 0.25) is 0 Å². The summed E-state index contributed by atoms with van der Waals surface area (Å²) in [5, 5.41) is 15.0.